The molecule has 1 aliphatic rings. The van der Waals surface area contributed by atoms with Crippen molar-refractivity contribution in [1.82, 2.24) is 5.01 Å². The lowest BCUT2D eigenvalue weighted by Gasteiger charge is -2.26. The van der Waals surface area contributed by atoms with Crippen LogP contribution in [0.5, 0.6) is 0 Å². The number of nitrogens with zero attached hydrogens (tertiary/aromatic N) is 3. The number of hydrogen-bond donors (Lipinski definition) is 1. The summed E-state index contributed by atoms with van der Waals surface area (Å²) in [4.78, 5) is 12.7. The molecule has 0 saturated carbocycles. The van der Waals surface area contributed by atoms with Crippen LogP contribution >= 0.6 is 22.9 Å². The largest absolute Gasteiger partial charge is 0.360 e. The van der Waals surface area contributed by atoms with Crippen molar-refractivity contribution in [3.05, 3.63) is 52.4 Å². The first-order chi connectivity index (χ1) is 11.1. The molecule has 0 fully saturated rings. The van der Waals surface area contributed by atoms with Crippen LogP contribution in [0.2, 0.25) is 5.02 Å². The van der Waals surface area contributed by atoms with Gasteiger partial charge in [-0.15, -0.1) is 11.3 Å². The highest BCUT2D eigenvalue weighted by Crippen LogP contribution is 2.32. The van der Waals surface area contributed by atoms with Crippen molar-refractivity contribution < 1.29 is 13.6 Å². The first-order valence-electron chi connectivity index (χ1n) is 6.63. The maximum atomic E-state index is 12.7. The fourth-order valence-electron chi connectivity index (χ4n) is 2.28. The summed E-state index contributed by atoms with van der Waals surface area (Å²) < 4.78 is 21.9. The summed E-state index contributed by atoms with van der Waals surface area (Å²) >= 11 is 4.61. The maximum Gasteiger partial charge on any atom is 0.360 e. The molecular weight excluding hydrogens is 358 g/mol. The molecule has 1 aliphatic heterocycles. The second kappa shape index (κ2) is 6.79. The van der Waals surface area contributed by atoms with Gasteiger partial charge in [0.25, 0.3) is 11.3 Å². The lowest BCUT2D eigenvalue weighted by atomic mass is 10.1. The monoisotopic (exact) mass is 369 g/mol. The van der Waals surface area contributed by atoms with Crippen LogP contribution in [0.4, 0.5) is 9.80 Å². The molecule has 0 bridgehead atoms. The predicted octanol–water partition coefficient (Wildman–Crippen LogP) is 3.90. The van der Waals surface area contributed by atoms with E-state index in [1.807, 2.05) is 12.1 Å². The molecule has 2 unspecified atom stereocenters. The van der Waals surface area contributed by atoms with Crippen molar-refractivity contribution in [2.24, 2.45) is 5.10 Å². The lowest BCUT2D eigenvalue weighted by Crippen LogP contribution is -2.41. The molecule has 2 amide bonds. The molecule has 2 heterocycles. The summed E-state index contributed by atoms with van der Waals surface area (Å²) in [5.41, 5.74) is 0.857. The van der Waals surface area contributed by atoms with E-state index in [1.54, 1.807) is 35.9 Å². The van der Waals surface area contributed by atoms with Gasteiger partial charge in [-0.3, -0.25) is 4.55 Å². The third-order valence-electron chi connectivity index (χ3n) is 3.32. The van der Waals surface area contributed by atoms with E-state index in [1.165, 1.54) is 16.3 Å². The molecule has 0 aliphatic carbocycles. The molecule has 2 aromatic rings. The molecule has 0 saturated heterocycles. The van der Waals surface area contributed by atoms with E-state index in [0.29, 0.717) is 16.4 Å². The minimum Gasteiger partial charge on any atom is -0.289 e. The van der Waals surface area contributed by atoms with Gasteiger partial charge in [0.2, 0.25) is 0 Å². The van der Waals surface area contributed by atoms with Gasteiger partial charge in [-0.1, -0.05) is 23.7 Å². The highest BCUT2D eigenvalue weighted by atomic mass is 35.5. The van der Waals surface area contributed by atoms with Crippen LogP contribution in [0.3, 0.4) is 0 Å². The number of hydrazone groups is 1. The molecule has 120 valence electrons. The Bertz CT molecular complexity index is 749. The van der Waals surface area contributed by atoms with Crippen molar-refractivity contribution in [1.29, 1.82) is 0 Å². The highest BCUT2D eigenvalue weighted by Gasteiger charge is 2.35. The topological polar surface area (TPSA) is 73.2 Å². The SMILES string of the molecule is O=C(N1N=CCC1c1ccc(Cl)cc1)N(c1cccs1)S(=O)O. The molecule has 6 nitrogen and oxygen atoms in total. The zero-order valence-electron chi connectivity index (χ0n) is 11.7. The molecule has 1 aromatic heterocycles. The Hall–Kier alpha value is -1.74. The first-order valence-corrected chi connectivity index (χ1v) is 8.96. The number of anilines is 1. The molecule has 1 N–H and O–H groups in total. The Balaban J connectivity index is 1.89. The second-order valence-corrected chi connectivity index (χ2v) is 6.89. The number of carbonyl (C=O) groups is 1. The van der Waals surface area contributed by atoms with Crippen LogP contribution in [0.1, 0.15) is 18.0 Å². The summed E-state index contributed by atoms with van der Waals surface area (Å²) in [6, 6.07) is 9.43. The molecule has 3 rings (SSSR count). The average Bonchev–Trinajstić information content (AvgIpc) is 3.18. The van der Waals surface area contributed by atoms with Gasteiger partial charge in [0.15, 0.2) is 0 Å². The van der Waals surface area contributed by atoms with E-state index in [-0.39, 0.29) is 6.04 Å². The summed E-state index contributed by atoms with van der Waals surface area (Å²) in [5.74, 6) is 0. The number of hydrogen-bond acceptors (Lipinski definition) is 4. The average molecular weight is 370 g/mol. The summed E-state index contributed by atoms with van der Waals surface area (Å²) in [5, 5.41) is 8.00. The zero-order chi connectivity index (χ0) is 16.4. The number of carbonyl (C=O) groups excluding carboxylic acids is 1. The summed E-state index contributed by atoms with van der Waals surface area (Å²) in [6.07, 6.45) is 2.15. The summed E-state index contributed by atoms with van der Waals surface area (Å²) in [6.45, 7) is 0. The van der Waals surface area contributed by atoms with Crippen LogP contribution in [-0.4, -0.2) is 26.0 Å². The maximum absolute atomic E-state index is 12.7. The number of halogens is 1. The van der Waals surface area contributed by atoms with E-state index < -0.39 is 17.3 Å². The predicted molar refractivity (Wildman–Crippen MR) is 92.1 cm³/mol. The van der Waals surface area contributed by atoms with Crippen molar-refractivity contribution >= 4 is 51.5 Å². The van der Waals surface area contributed by atoms with Crippen LogP contribution in [0.25, 0.3) is 0 Å². The Morgan fingerprint density at radius 2 is 2.13 bits per heavy atom. The summed E-state index contributed by atoms with van der Waals surface area (Å²) in [7, 11) is 0. The van der Waals surface area contributed by atoms with Crippen LogP contribution in [0, 0.1) is 0 Å². The third-order valence-corrected chi connectivity index (χ3v) is 5.20. The zero-order valence-corrected chi connectivity index (χ0v) is 14.1. The molecule has 2 atom stereocenters. The van der Waals surface area contributed by atoms with Crippen LogP contribution in [-0.2, 0) is 11.3 Å². The Morgan fingerprint density at radius 3 is 2.74 bits per heavy atom. The van der Waals surface area contributed by atoms with Gasteiger partial charge in [-0.05, 0) is 35.2 Å². The molecule has 1 aromatic carbocycles. The van der Waals surface area contributed by atoms with Gasteiger partial charge in [0.05, 0.1) is 6.04 Å². The Labute approximate surface area is 144 Å². The quantitative estimate of drug-likeness (QED) is 0.834. The Kier molecular flexibility index (Phi) is 4.76. The molecule has 9 heteroatoms. The van der Waals surface area contributed by atoms with Gasteiger partial charge in [0.1, 0.15) is 5.00 Å². The highest BCUT2D eigenvalue weighted by molar-refractivity contribution is 7.81. The third kappa shape index (κ3) is 3.30. The van der Waals surface area contributed by atoms with Crippen LogP contribution < -0.4 is 4.31 Å². The van der Waals surface area contributed by atoms with E-state index in [2.05, 4.69) is 5.10 Å². The van der Waals surface area contributed by atoms with Crippen molar-refractivity contribution in [2.45, 2.75) is 12.5 Å². The van der Waals surface area contributed by atoms with E-state index in [0.717, 1.165) is 9.87 Å². The van der Waals surface area contributed by atoms with Crippen molar-refractivity contribution in [3.63, 3.8) is 0 Å². The number of rotatable bonds is 3. The smallest absolute Gasteiger partial charge is 0.289 e. The molecule has 23 heavy (non-hydrogen) atoms. The van der Waals surface area contributed by atoms with Gasteiger partial charge in [-0.2, -0.15) is 9.41 Å². The van der Waals surface area contributed by atoms with Gasteiger partial charge >= 0.3 is 6.03 Å². The van der Waals surface area contributed by atoms with E-state index >= 15 is 0 Å². The first kappa shape index (κ1) is 16.1. The van der Waals surface area contributed by atoms with Crippen molar-refractivity contribution in [2.75, 3.05) is 4.31 Å². The fourth-order valence-corrected chi connectivity index (χ4v) is 3.78. The Morgan fingerprint density at radius 1 is 1.39 bits per heavy atom. The van der Waals surface area contributed by atoms with E-state index in [9.17, 15) is 13.6 Å². The molecule has 0 spiro atoms. The minimum absolute atomic E-state index is 0.328. The van der Waals surface area contributed by atoms with E-state index in [4.69, 9.17) is 11.6 Å². The number of urea groups is 1. The number of thiophene rings is 1. The number of amides is 2. The van der Waals surface area contributed by atoms with Gasteiger partial charge < -0.3 is 0 Å². The molecule has 0 radical (unpaired) electrons. The van der Waals surface area contributed by atoms with Gasteiger partial charge in [-0.25, -0.2) is 14.0 Å². The van der Waals surface area contributed by atoms with Crippen LogP contribution in [0.15, 0.2) is 46.9 Å². The molecular formula is C14H12ClN3O3S2. The normalized spacial score (nSPS) is 18.2. The standard InChI is InChI=1S/C14H12ClN3O3S2/c15-11-5-3-10(4-6-11)12-7-8-16-17(12)14(19)18(23(20)21)13-2-1-9-22-13/h1-6,8-9,12H,7H2,(H,20,21). The second-order valence-electron chi connectivity index (χ2n) is 4.70. The number of benzene rings is 1. The minimum atomic E-state index is -2.48. The fraction of sp³-hybridized carbons (Fsp3) is 0.143. The van der Waals surface area contributed by atoms with Gasteiger partial charge in [0, 0.05) is 17.7 Å². The lowest BCUT2D eigenvalue weighted by molar-refractivity contribution is 0.197. The van der Waals surface area contributed by atoms with Crippen molar-refractivity contribution in [3.8, 4) is 0 Å².